The van der Waals surface area contributed by atoms with Crippen LogP contribution in [0.15, 0.2) is 36.4 Å². The fourth-order valence-corrected chi connectivity index (χ4v) is 1.96. The first kappa shape index (κ1) is 9.26. The zero-order chi connectivity index (χ0) is 9.97. The van der Waals surface area contributed by atoms with E-state index in [0.29, 0.717) is 0 Å². The molecule has 0 atom stereocenters. The molecule has 0 saturated carbocycles. The Labute approximate surface area is 85.6 Å². The molecule has 72 valence electrons. The minimum atomic E-state index is 1.18. The van der Waals surface area contributed by atoms with E-state index in [2.05, 4.69) is 50.2 Å². The van der Waals surface area contributed by atoms with Gasteiger partial charge in [-0.3, -0.25) is 0 Å². The summed E-state index contributed by atoms with van der Waals surface area (Å²) in [6.45, 7) is 4.37. The molecule has 0 aromatic heterocycles. The van der Waals surface area contributed by atoms with Crippen LogP contribution in [0.1, 0.15) is 24.5 Å². The first-order valence-electron chi connectivity index (χ1n) is 5.29. The lowest BCUT2D eigenvalue weighted by atomic mass is 10.00. The third kappa shape index (κ3) is 1.65. The van der Waals surface area contributed by atoms with Crippen LogP contribution in [-0.4, -0.2) is 0 Å². The molecule has 0 unspecified atom stereocenters. The lowest BCUT2D eigenvalue weighted by molar-refractivity contribution is 0.929. The van der Waals surface area contributed by atoms with E-state index < -0.39 is 0 Å². The van der Waals surface area contributed by atoms with E-state index in [9.17, 15) is 0 Å². The number of hydrogen-bond donors (Lipinski definition) is 0. The van der Waals surface area contributed by atoms with Gasteiger partial charge in [0.05, 0.1) is 0 Å². The Morgan fingerprint density at radius 1 is 1.07 bits per heavy atom. The average molecular weight is 184 g/mol. The van der Waals surface area contributed by atoms with Crippen LogP contribution in [0.3, 0.4) is 0 Å². The largest absolute Gasteiger partial charge is 0.0651 e. The highest BCUT2D eigenvalue weighted by Crippen LogP contribution is 2.21. The topological polar surface area (TPSA) is 0 Å². The Morgan fingerprint density at radius 2 is 1.93 bits per heavy atom. The van der Waals surface area contributed by atoms with Crippen molar-refractivity contribution < 1.29 is 0 Å². The van der Waals surface area contributed by atoms with Crippen molar-refractivity contribution in [2.75, 3.05) is 0 Å². The molecule has 0 heteroatoms. The van der Waals surface area contributed by atoms with Crippen molar-refractivity contribution in [3.63, 3.8) is 0 Å². The molecular weight excluding hydrogens is 168 g/mol. The van der Waals surface area contributed by atoms with E-state index in [4.69, 9.17) is 0 Å². The van der Waals surface area contributed by atoms with Gasteiger partial charge in [-0.05, 0) is 29.7 Å². The molecule has 0 fully saturated rings. The second-order valence-corrected chi connectivity index (χ2v) is 3.89. The molecule has 0 N–H and O–H groups in total. The van der Waals surface area contributed by atoms with Gasteiger partial charge < -0.3 is 0 Å². The molecule has 0 spiro atoms. The van der Waals surface area contributed by atoms with Crippen LogP contribution in [0.5, 0.6) is 0 Å². The SMILES string of the molecule is CCCc1cccc2cc(C)ccc12. The summed E-state index contributed by atoms with van der Waals surface area (Å²) in [5, 5.41) is 2.79. The first-order chi connectivity index (χ1) is 6.81. The Morgan fingerprint density at radius 3 is 2.71 bits per heavy atom. The smallest absolute Gasteiger partial charge is 0.0152 e. The van der Waals surface area contributed by atoms with Gasteiger partial charge in [0.25, 0.3) is 0 Å². The lowest BCUT2D eigenvalue weighted by Gasteiger charge is -2.05. The van der Waals surface area contributed by atoms with E-state index in [-0.39, 0.29) is 0 Å². The number of benzene rings is 2. The van der Waals surface area contributed by atoms with Crippen molar-refractivity contribution in [1.82, 2.24) is 0 Å². The van der Waals surface area contributed by atoms with E-state index in [1.807, 2.05) is 0 Å². The number of aryl methyl sites for hydroxylation is 2. The molecule has 0 radical (unpaired) electrons. The number of hydrogen-bond acceptors (Lipinski definition) is 0. The zero-order valence-corrected chi connectivity index (χ0v) is 8.88. The molecule has 0 nitrogen and oxygen atoms in total. The molecule has 0 aliphatic carbocycles. The summed E-state index contributed by atoms with van der Waals surface area (Å²) in [4.78, 5) is 0. The molecule has 0 bridgehead atoms. The summed E-state index contributed by atoms with van der Waals surface area (Å²) in [7, 11) is 0. The third-order valence-corrected chi connectivity index (χ3v) is 2.65. The van der Waals surface area contributed by atoms with Gasteiger partial charge in [0.2, 0.25) is 0 Å². The molecule has 0 heterocycles. The van der Waals surface area contributed by atoms with Crippen molar-refractivity contribution in [1.29, 1.82) is 0 Å². The summed E-state index contributed by atoms with van der Waals surface area (Å²) >= 11 is 0. The molecule has 2 aromatic carbocycles. The molecule has 2 aromatic rings. The van der Waals surface area contributed by atoms with Gasteiger partial charge in [-0.1, -0.05) is 55.3 Å². The highest BCUT2D eigenvalue weighted by molar-refractivity contribution is 5.86. The standard InChI is InChI=1S/C14H16/c1-3-5-12-6-4-7-13-10-11(2)8-9-14(12)13/h4,6-10H,3,5H2,1-2H3. The Bertz CT molecular complexity index is 441. The second-order valence-electron chi connectivity index (χ2n) is 3.89. The van der Waals surface area contributed by atoms with Gasteiger partial charge in [-0.2, -0.15) is 0 Å². The summed E-state index contributed by atoms with van der Waals surface area (Å²) in [6, 6.07) is 13.3. The maximum Gasteiger partial charge on any atom is -0.0152 e. The lowest BCUT2D eigenvalue weighted by Crippen LogP contribution is -1.85. The summed E-state index contributed by atoms with van der Waals surface area (Å²) in [5.74, 6) is 0. The van der Waals surface area contributed by atoms with E-state index in [1.165, 1.54) is 34.7 Å². The van der Waals surface area contributed by atoms with Crippen LogP contribution in [0.4, 0.5) is 0 Å². The van der Waals surface area contributed by atoms with Gasteiger partial charge in [-0.15, -0.1) is 0 Å². The summed E-state index contributed by atoms with van der Waals surface area (Å²) < 4.78 is 0. The van der Waals surface area contributed by atoms with Crippen LogP contribution in [0.2, 0.25) is 0 Å². The van der Waals surface area contributed by atoms with Crippen molar-refractivity contribution in [3.05, 3.63) is 47.5 Å². The van der Waals surface area contributed by atoms with Crippen molar-refractivity contribution in [2.45, 2.75) is 26.7 Å². The second kappa shape index (κ2) is 3.83. The van der Waals surface area contributed by atoms with Crippen LogP contribution in [0, 0.1) is 6.92 Å². The number of rotatable bonds is 2. The quantitative estimate of drug-likeness (QED) is 0.659. The fraction of sp³-hybridized carbons (Fsp3) is 0.286. The highest BCUT2D eigenvalue weighted by Gasteiger charge is 1.99. The maximum absolute atomic E-state index is 2.26. The van der Waals surface area contributed by atoms with Gasteiger partial charge >= 0.3 is 0 Å². The maximum atomic E-state index is 2.26. The van der Waals surface area contributed by atoms with Gasteiger partial charge in [0, 0.05) is 0 Å². The normalized spacial score (nSPS) is 10.7. The summed E-state index contributed by atoms with van der Waals surface area (Å²) in [6.07, 6.45) is 2.40. The third-order valence-electron chi connectivity index (χ3n) is 2.65. The van der Waals surface area contributed by atoms with E-state index >= 15 is 0 Å². The van der Waals surface area contributed by atoms with Crippen LogP contribution < -0.4 is 0 Å². The summed E-state index contributed by atoms with van der Waals surface area (Å²) in [5.41, 5.74) is 2.82. The zero-order valence-electron chi connectivity index (χ0n) is 8.88. The Balaban J connectivity index is 2.62. The van der Waals surface area contributed by atoms with Crippen LogP contribution in [-0.2, 0) is 6.42 Å². The average Bonchev–Trinajstić information content (AvgIpc) is 2.18. The minimum absolute atomic E-state index is 1.18. The van der Waals surface area contributed by atoms with Crippen molar-refractivity contribution in [3.8, 4) is 0 Å². The molecule has 2 rings (SSSR count). The fourth-order valence-electron chi connectivity index (χ4n) is 1.96. The molecule has 0 aliphatic rings. The number of fused-ring (bicyclic) bond motifs is 1. The molecular formula is C14H16. The minimum Gasteiger partial charge on any atom is -0.0651 e. The highest BCUT2D eigenvalue weighted by atomic mass is 14.0. The van der Waals surface area contributed by atoms with Crippen LogP contribution in [0.25, 0.3) is 10.8 Å². The van der Waals surface area contributed by atoms with Crippen molar-refractivity contribution >= 4 is 10.8 Å². The monoisotopic (exact) mass is 184 g/mol. The van der Waals surface area contributed by atoms with Gasteiger partial charge in [0.15, 0.2) is 0 Å². The van der Waals surface area contributed by atoms with E-state index in [1.54, 1.807) is 0 Å². The van der Waals surface area contributed by atoms with Gasteiger partial charge in [0.1, 0.15) is 0 Å². The Kier molecular flexibility index (Phi) is 2.53. The Hall–Kier alpha value is -1.30. The molecule has 0 aliphatic heterocycles. The van der Waals surface area contributed by atoms with Gasteiger partial charge in [-0.25, -0.2) is 0 Å². The molecule has 0 amide bonds. The predicted molar refractivity (Wildman–Crippen MR) is 62.7 cm³/mol. The van der Waals surface area contributed by atoms with Crippen molar-refractivity contribution in [2.24, 2.45) is 0 Å². The molecule has 0 saturated heterocycles. The predicted octanol–water partition coefficient (Wildman–Crippen LogP) is 4.10. The first-order valence-corrected chi connectivity index (χ1v) is 5.29. The van der Waals surface area contributed by atoms with Crippen LogP contribution >= 0.6 is 0 Å². The van der Waals surface area contributed by atoms with E-state index in [0.717, 1.165) is 0 Å². The molecule has 14 heavy (non-hydrogen) atoms.